The van der Waals surface area contributed by atoms with E-state index >= 15 is 0 Å². The number of fused-ring (bicyclic) bond motifs is 1. The highest BCUT2D eigenvalue weighted by Gasteiger charge is 2.34. The van der Waals surface area contributed by atoms with Crippen molar-refractivity contribution >= 4 is 5.91 Å². The summed E-state index contributed by atoms with van der Waals surface area (Å²) in [6.45, 7) is 4.42. The molecule has 1 aliphatic heterocycles. The van der Waals surface area contributed by atoms with Crippen molar-refractivity contribution < 1.29 is 9.53 Å². The van der Waals surface area contributed by atoms with Gasteiger partial charge in [-0.2, -0.15) is 0 Å². The summed E-state index contributed by atoms with van der Waals surface area (Å²) in [7, 11) is 1.77. The van der Waals surface area contributed by atoms with Crippen LogP contribution in [0.4, 0.5) is 0 Å². The minimum atomic E-state index is -0.258. The first-order chi connectivity index (χ1) is 8.52. The fourth-order valence-corrected chi connectivity index (χ4v) is 2.34. The molecule has 0 spiro atoms. The van der Waals surface area contributed by atoms with Crippen molar-refractivity contribution in [2.45, 2.75) is 31.9 Å². The number of ether oxygens (including phenoxy) is 1. The van der Waals surface area contributed by atoms with Gasteiger partial charge in [0.05, 0.1) is 12.6 Å². The number of rotatable bonds is 3. The predicted octanol–water partition coefficient (Wildman–Crippen LogP) is 1.62. The van der Waals surface area contributed by atoms with Gasteiger partial charge in [0.25, 0.3) is 0 Å². The lowest BCUT2D eigenvalue weighted by Gasteiger charge is -2.37. The second-order valence-electron chi connectivity index (χ2n) is 5.25. The summed E-state index contributed by atoms with van der Waals surface area (Å²) in [5.74, 6) is 0.874. The zero-order chi connectivity index (χ0) is 13.2. The van der Waals surface area contributed by atoms with Crippen LogP contribution in [0.1, 0.15) is 31.9 Å². The summed E-state index contributed by atoms with van der Waals surface area (Å²) in [6.07, 6.45) is 0.777. The molecule has 0 radical (unpaired) electrons. The number of likely N-dealkylation sites (N-methyl/N-ethyl adjacent to an activating group) is 1. The van der Waals surface area contributed by atoms with E-state index in [0.717, 1.165) is 17.7 Å². The third kappa shape index (κ3) is 2.82. The largest absolute Gasteiger partial charge is 0.487 e. The van der Waals surface area contributed by atoms with Crippen LogP contribution in [0.2, 0.25) is 0 Å². The lowest BCUT2D eigenvalue weighted by Crippen LogP contribution is -2.43. The van der Waals surface area contributed by atoms with Crippen molar-refractivity contribution in [1.29, 1.82) is 0 Å². The standard InChI is InChI=1S/C14H20N2O2/c1-14(2)8-11(16-13(17)9-15-3)10-6-4-5-7-12(10)18-14/h4-7,11,15H,8-9H2,1-3H3,(H,16,17). The molecule has 1 unspecified atom stereocenters. The SMILES string of the molecule is CNCC(=O)NC1CC(C)(C)Oc2ccccc21. The fourth-order valence-electron chi connectivity index (χ4n) is 2.34. The van der Waals surface area contributed by atoms with Gasteiger partial charge in [-0.15, -0.1) is 0 Å². The molecule has 18 heavy (non-hydrogen) atoms. The summed E-state index contributed by atoms with van der Waals surface area (Å²) in [5.41, 5.74) is 0.799. The van der Waals surface area contributed by atoms with Crippen LogP contribution in [0.5, 0.6) is 5.75 Å². The summed E-state index contributed by atoms with van der Waals surface area (Å²) >= 11 is 0. The molecule has 0 saturated heterocycles. The first-order valence-corrected chi connectivity index (χ1v) is 6.24. The first-order valence-electron chi connectivity index (χ1n) is 6.24. The molecule has 1 heterocycles. The van der Waals surface area contributed by atoms with E-state index in [4.69, 9.17) is 4.74 Å². The second-order valence-corrected chi connectivity index (χ2v) is 5.25. The third-order valence-electron chi connectivity index (χ3n) is 3.05. The second kappa shape index (κ2) is 4.98. The maximum Gasteiger partial charge on any atom is 0.234 e. The number of amides is 1. The molecule has 0 bridgehead atoms. The van der Waals surface area contributed by atoms with Crippen LogP contribution in [0.15, 0.2) is 24.3 Å². The summed E-state index contributed by atoms with van der Waals surface area (Å²) in [5, 5.41) is 5.91. The van der Waals surface area contributed by atoms with Gasteiger partial charge in [-0.1, -0.05) is 18.2 Å². The number of carbonyl (C=O) groups is 1. The Morgan fingerprint density at radius 1 is 1.44 bits per heavy atom. The van der Waals surface area contributed by atoms with Crippen molar-refractivity contribution in [2.24, 2.45) is 0 Å². The zero-order valence-electron chi connectivity index (χ0n) is 11.1. The van der Waals surface area contributed by atoms with Gasteiger partial charge in [-0.05, 0) is 27.0 Å². The van der Waals surface area contributed by atoms with Crippen LogP contribution in [-0.2, 0) is 4.79 Å². The molecule has 1 aliphatic rings. The Morgan fingerprint density at radius 2 is 2.17 bits per heavy atom. The van der Waals surface area contributed by atoms with Gasteiger partial charge in [0.15, 0.2) is 0 Å². The van der Waals surface area contributed by atoms with Gasteiger partial charge in [-0.25, -0.2) is 0 Å². The zero-order valence-corrected chi connectivity index (χ0v) is 11.1. The van der Waals surface area contributed by atoms with E-state index in [9.17, 15) is 4.79 Å². The summed E-state index contributed by atoms with van der Waals surface area (Å²) < 4.78 is 5.92. The van der Waals surface area contributed by atoms with Crippen molar-refractivity contribution in [1.82, 2.24) is 10.6 Å². The monoisotopic (exact) mass is 248 g/mol. The highest BCUT2D eigenvalue weighted by atomic mass is 16.5. The van der Waals surface area contributed by atoms with E-state index in [1.807, 2.05) is 38.1 Å². The summed E-state index contributed by atoms with van der Waals surface area (Å²) in [6, 6.07) is 7.90. The summed E-state index contributed by atoms with van der Waals surface area (Å²) in [4.78, 5) is 11.7. The molecule has 2 N–H and O–H groups in total. The number of carbonyl (C=O) groups excluding carboxylic acids is 1. The maximum absolute atomic E-state index is 11.7. The van der Waals surface area contributed by atoms with Crippen molar-refractivity contribution in [3.05, 3.63) is 29.8 Å². The molecule has 1 aromatic rings. The molecule has 0 fully saturated rings. The average Bonchev–Trinajstić information content (AvgIpc) is 2.27. The molecule has 4 heteroatoms. The van der Waals surface area contributed by atoms with E-state index in [1.54, 1.807) is 7.05 Å². The Kier molecular flexibility index (Phi) is 3.57. The lowest BCUT2D eigenvalue weighted by atomic mass is 9.89. The van der Waals surface area contributed by atoms with E-state index in [0.29, 0.717) is 6.54 Å². The van der Waals surface area contributed by atoms with Gasteiger partial charge in [0, 0.05) is 12.0 Å². The van der Waals surface area contributed by atoms with Gasteiger partial charge < -0.3 is 15.4 Å². The molecule has 98 valence electrons. The Balaban J connectivity index is 2.22. The van der Waals surface area contributed by atoms with Crippen LogP contribution in [-0.4, -0.2) is 25.1 Å². The van der Waals surface area contributed by atoms with Crippen molar-refractivity contribution in [3.63, 3.8) is 0 Å². The van der Waals surface area contributed by atoms with E-state index in [2.05, 4.69) is 10.6 Å². The van der Waals surface area contributed by atoms with Crippen LogP contribution in [0, 0.1) is 0 Å². The Bertz CT molecular complexity index is 443. The molecule has 1 aromatic carbocycles. The molecule has 1 atom stereocenters. The molecule has 0 aromatic heterocycles. The van der Waals surface area contributed by atoms with Crippen LogP contribution < -0.4 is 15.4 Å². The Hall–Kier alpha value is -1.55. The minimum Gasteiger partial charge on any atom is -0.487 e. The third-order valence-corrected chi connectivity index (χ3v) is 3.05. The molecule has 2 rings (SSSR count). The maximum atomic E-state index is 11.7. The number of para-hydroxylation sites is 1. The van der Waals surface area contributed by atoms with E-state index < -0.39 is 0 Å². The van der Waals surface area contributed by atoms with Crippen molar-refractivity contribution in [2.75, 3.05) is 13.6 Å². The topological polar surface area (TPSA) is 50.4 Å². The van der Waals surface area contributed by atoms with Gasteiger partial charge in [-0.3, -0.25) is 4.79 Å². The van der Waals surface area contributed by atoms with E-state index in [1.165, 1.54) is 0 Å². The Labute approximate surface area is 108 Å². The fraction of sp³-hybridized carbons (Fsp3) is 0.500. The van der Waals surface area contributed by atoms with Crippen molar-refractivity contribution in [3.8, 4) is 5.75 Å². The lowest BCUT2D eigenvalue weighted by molar-refractivity contribution is -0.121. The molecule has 0 saturated carbocycles. The molecule has 1 amide bonds. The molecular weight excluding hydrogens is 228 g/mol. The van der Waals surface area contributed by atoms with Gasteiger partial charge >= 0.3 is 0 Å². The number of hydrogen-bond acceptors (Lipinski definition) is 3. The smallest absolute Gasteiger partial charge is 0.234 e. The van der Waals surface area contributed by atoms with Crippen LogP contribution >= 0.6 is 0 Å². The highest BCUT2D eigenvalue weighted by molar-refractivity contribution is 5.78. The Morgan fingerprint density at radius 3 is 2.89 bits per heavy atom. The van der Waals surface area contributed by atoms with Crippen LogP contribution in [0.25, 0.3) is 0 Å². The highest BCUT2D eigenvalue weighted by Crippen LogP contribution is 2.38. The molecular formula is C14H20N2O2. The van der Waals surface area contributed by atoms with E-state index in [-0.39, 0.29) is 17.6 Å². The average molecular weight is 248 g/mol. The van der Waals surface area contributed by atoms with Gasteiger partial charge in [0.2, 0.25) is 5.91 Å². The molecule has 0 aliphatic carbocycles. The molecule has 4 nitrogen and oxygen atoms in total. The minimum absolute atomic E-state index is 0.00926. The predicted molar refractivity (Wildman–Crippen MR) is 70.6 cm³/mol. The normalized spacial score (nSPS) is 20.7. The first kappa shape index (κ1) is 12.9. The van der Waals surface area contributed by atoms with Crippen LogP contribution in [0.3, 0.4) is 0 Å². The number of hydrogen-bond donors (Lipinski definition) is 2. The van der Waals surface area contributed by atoms with Gasteiger partial charge in [0.1, 0.15) is 11.4 Å². The quantitative estimate of drug-likeness (QED) is 0.854. The number of nitrogens with one attached hydrogen (secondary N) is 2. The number of benzene rings is 1.